The van der Waals surface area contributed by atoms with Crippen molar-refractivity contribution in [2.45, 2.75) is 44.6 Å². The Hall–Kier alpha value is -2.06. The lowest BCUT2D eigenvalue weighted by molar-refractivity contribution is -0.130. The molecule has 146 valence electrons. The van der Waals surface area contributed by atoms with Crippen molar-refractivity contribution in [3.63, 3.8) is 0 Å². The normalized spacial score (nSPS) is 16.4. The second-order valence-electron chi connectivity index (χ2n) is 7.15. The number of nitrogens with zero attached hydrogens (tertiary/aromatic N) is 2. The number of amides is 1. The molecule has 8 heteroatoms. The quantitative estimate of drug-likeness (QED) is 0.741. The molecule has 0 radical (unpaired) electrons. The number of hydrogen-bond acceptors (Lipinski definition) is 4. The minimum absolute atomic E-state index is 0.0569. The summed E-state index contributed by atoms with van der Waals surface area (Å²) in [5.74, 6) is 0.735. The number of carbonyl (C=O) groups excluding carboxylic acids is 1. The first-order chi connectivity index (χ1) is 12.9. The zero-order chi connectivity index (χ0) is 19.4. The van der Waals surface area contributed by atoms with Crippen LogP contribution in [0, 0.1) is 10.6 Å². The Bertz CT molecular complexity index is 838. The molecule has 0 atom stereocenters. The molecule has 0 spiro atoms. The summed E-state index contributed by atoms with van der Waals surface area (Å²) in [5.41, 5.74) is 0.137. The van der Waals surface area contributed by atoms with Crippen LogP contribution in [0.4, 0.5) is 4.39 Å². The van der Waals surface area contributed by atoms with Crippen molar-refractivity contribution in [2.24, 2.45) is 0 Å². The van der Waals surface area contributed by atoms with Gasteiger partial charge in [-0.1, -0.05) is 26.0 Å². The van der Waals surface area contributed by atoms with E-state index in [2.05, 4.69) is 15.5 Å². The number of H-pyrrole nitrogens is 1. The Morgan fingerprint density at radius 3 is 2.67 bits per heavy atom. The molecule has 1 amide bonds. The van der Waals surface area contributed by atoms with Crippen LogP contribution >= 0.6 is 12.2 Å². The summed E-state index contributed by atoms with van der Waals surface area (Å²) in [6.07, 6.45) is 1.15. The largest absolute Gasteiger partial charge is 0.381 e. The lowest BCUT2D eigenvalue weighted by atomic mass is 9.73. The van der Waals surface area contributed by atoms with Gasteiger partial charge in [0.05, 0.1) is 5.41 Å². The van der Waals surface area contributed by atoms with Crippen molar-refractivity contribution in [2.75, 3.05) is 19.8 Å². The van der Waals surface area contributed by atoms with Gasteiger partial charge in [0.15, 0.2) is 4.77 Å². The molecular formula is C19H25FN4O2S. The first-order valence-corrected chi connectivity index (χ1v) is 9.62. The fraction of sp³-hybridized carbons (Fsp3) is 0.526. The van der Waals surface area contributed by atoms with E-state index in [9.17, 15) is 9.18 Å². The number of nitrogens with one attached hydrogen (secondary N) is 2. The van der Waals surface area contributed by atoms with E-state index in [4.69, 9.17) is 17.0 Å². The minimum atomic E-state index is -0.690. The summed E-state index contributed by atoms with van der Waals surface area (Å²) in [6.45, 7) is 6.10. The highest BCUT2D eigenvalue weighted by Crippen LogP contribution is 2.35. The van der Waals surface area contributed by atoms with E-state index in [1.165, 1.54) is 12.1 Å². The first kappa shape index (κ1) is 19.7. The SMILES string of the molecule is CC(C)c1n[nH]c(=S)n1CCNC(=O)C1(c2ccc(F)cc2)CCOCC1. The average Bonchev–Trinajstić information content (AvgIpc) is 3.03. The van der Waals surface area contributed by atoms with Gasteiger partial charge in [-0.3, -0.25) is 9.89 Å². The molecule has 0 bridgehead atoms. The molecule has 0 unspecified atom stereocenters. The number of aromatic amines is 1. The third kappa shape index (κ3) is 4.11. The van der Waals surface area contributed by atoms with Gasteiger partial charge in [0.2, 0.25) is 5.91 Å². The summed E-state index contributed by atoms with van der Waals surface area (Å²) in [5, 5.41) is 10.1. The summed E-state index contributed by atoms with van der Waals surface area (Å²) >= 11 is 5.29. The van der Waals surface area contributed by atoms with Crippen LogP contribution in [0.1, 0.15) is 44.0 Å². The maximum Gasteiger partial charge on any atom is 0.230 e. The molecule has 1 aliphatic heterocycles. The Morgan fingerprint density at radius 2 is 2.04 bits per heavy atom. The van der Waals surface area contributed by atoms with E-state index in [1.54, 1.807) is 12.1 Å². The van der Waals surface area contributed by atoms with E-state index < -0.39 is 5.41 Å². The van der Waals surface area contributed by atoms with Crippen LogP contribution in [-0.4, -0.2) is 40.4 Å². The number of benzene rings is 1. The Balaban J connectivity index is 1.73. The van der Waals surface area contributed by atoms with Gasteiger partial charge in [-0.15, -0.1) is 0 Å². The number of halogens is 1. The molecule has 0 saturated carbocycles. The van der Waals surface area contributed by atoms with Gasteiger partial charge < -0.3 is 14.6 Å². The Morgan fingerprint density at radius 1 is 1.37 bits per heavy atom. The molecule has 6 nitrogen and oxygen atoms in total. The van der Waals surface area contributed by atoms with Gasteiger partial charge in [0.1, 0.15) is 11.6 Å². The molecule has 0 aliphatic carbocycles. The fourth-order valence-electron chi connectivity index (χ4n) is 3.57. The van der Waals surface area contributed by atoms with Crippen molar-refractivity contribution >= 4 is 18.1 Å². The maximum absolute atomic E-state index is 13.3. The highest BCUT2D eigenvalue weighted by molar-refractivity contribution is 7.71. The molecule has 27 heavy (non-hydrogen) atoms. The fourth-order valence-corrected chi connectivity index (χ4v) is 3.80. The standard InChI is InChI=1S/C19H25FN4O2S/c1-13(2)16-22-23-18(27)24(16)10-9-21-17(25)19(7-11-26-12-8-19)14-3-5-15(20)6-4-14/h3-6,13H,7-12H2,1-2H3,(H,21,25)(H,23,27). The second kappa shape index (κ2) is 8.31. The van der Waals surface area contributed by atoms with Gasteiger partial charge in [-0.2, -0.15) is 5.10 Å². The van der Waals surface area contributed by atoms with Crippen LogP contribution < -0.4 is 5.32 Å². The molecule has 1 aromatic carbocycles. The van der Waals surface area contributed by atoms with Crippen LogP contribution in [0.2, 0.25) is 0 Å². The lowest BCUT2D eigenvalue weighted by Crippen LogP contribution is -2.48. The van der Waals surface area contributed by atoms with Crippen molar-refractivity contribution in [3.8, 4) is 0 Å². The van der Waals surface area contributed by atoms with Crippen molar-refractivity contribution in [3.05, 3.63) is 46.2 Å². The molecule has 2 N–H and O–H groups in total. The summed E-state index contributed by atoms with van der Waals surface area (Å²) in [6, 6.07) is 6.20. The summed E-state index contributed by atoms with van der Waals surface area (Å²) < 4.78 is 21.3. The van der Waals surface area contributed by atoms with Gasteiger partial charge in [0, 0.05) is 32.2 Å². The van der Waals surface area contributed by atoms with Gasteiger partial charge in [-0.05, 0) is 42.8 Å². The predicted molar refractivity (Wildman–Crippen MR) is 103 cm³/mol. The molecule has 2 heterocycles. The van der Waals surface area contributed by atoms with Gasteiger partial charge in [0.25, 0.3) is 0 Å². The zero-order valence-electron chi connectivity index (χ0n) is 15.6. The molecule has 3 rings (SSSR count). The van der Waals surface area contributed by atoms with Crippen LogP contribution in [0.5, 0.6) is 0 Å². The third-order valence-electron chi connectivity index (χ3n) is 5.10. The summed E-state index contributed by atoms with van der Waals surface area (Å²) in [4.78, 5) is 13.1. The first-order valence-electron chi connectivity index (χ1n) is 9.21. The van der Waals surface area contributed by atoms with Crippen LogP contribution in [0.3, 0.4) is 0 Å². The lowest BCUT2D eigenvalue weighted by Gasteiger charge is -2.36. The molecule has 2 aromatic rings. The maximum atomic E-state index is 13.3. The second-order valence-corrected chi connectivity index (χ2v) is 7.54. The summed E-state index contributed by atoms with van der Waals surface area (Å²) in [7, 11) is 0. The molecule has 1 aliphatic rings. The zero-order valence-corrected chi connectivity index (χ0v) is 16.4. The van der Waals surface area contributed by atoms with Crippen molar-refractivity contribution < 1.29 is 13.9 Å². The molecular weight excluding hydrogens is 367 g/mol. The van der Waals surface area contributed by atoms with E-state index in [0.29, 0.717) is 43.9 Å². The number of hydrogen-bond donors (Lipinski definition) is 2. The van der Waals surface area contributed by atoms with Gasteiger partial charge in [-0.25, -0.2) is 4.39 Å². The van der Waals surface area contributed by atoms with E-state index in [0.717, 1.165) is 11.4 Å². The molecule has 1 saturated heterocycles. The Kier molecular flexibility index (Phi) is 6.06. The topological polar surface area (TPSA) is 71.9 Å². The van der Waals surface area contributed by atoms with Crippen LogP contribution in [0.25, 0.3) is 0 Å². The number of aromatic nitrogens is 3. The molecule has 1 fully saturated rings. The average molecular weight is 393 g/mol. The number of rotatable bonds is 6. The third-order valence-corrected chi connectivity index (χ3v) is 5.41. The van der Waals surface area contributed by atoms with Crippen LogP contribution in [0.15, 0.2) is 24.3 Å². The van der Waals surface area contributed by atoms with E-state index >= 15 is 0 Å². The molecule has 1 aromatic heterocycles. The number of carbonyl (C=O) groups is 1. The predicted octanol–water partition coefficient (Wildman–Crippen LogP) is 3.07. The minimum Gasteiger partial charge on any atom is -0.381 e. The monoisotopic (exact) mass is 392 g/mol. The van der Waals surface area contributed by atoms with Gasteiger partial charge >= 0.3 is 0 Å². The highest BCUT2D eigenvalue weighted by Gasteiger charge is 2.41. The van der Waals surface area contributed by atoms with E-state index in [1.807, 2.05) is 18.4 Å². The number of ether oxygens (including phenoxy) is 1. The van der Waals surface area contributed by atoms with E-state index in [-0.39, 0.29) is 17.6 Å². The highest BCUT2D eigenvalue weighted by atomic mass is 32.1. The van der Waals surface area contributed by atoms with Crippen LogP contribution in [-0.2, 0) is 21.5 Å². The Labute approximate surface area is 163 Å². The van der Waals surface area contributed by atoms with Crippen molar-refractivity contribution in [1.82, 2.24) is 20.1 Å². The van der Waals surface area contributed by atoms with Crippen molar-refractivity contribution in [1.29, 1.82) is 0 Å². The smallest absolute Gasteiger partial charge is 0.230 e.